The summed E-state index contributed by atoms with van der Waals surface area (Å²) in [6.07, 6.45) is 0. The molecule has 0 amide bonds. The molecule has 0 spiro atoms. The minimum absolute atomic E-state index is 0.422. The van der Waals surface area contributed by atoms with Gasteiger partial charge in [0.25, 0.3) is 0 Å². The molecule has 4 heteroatoms. The average Bonchev–Trinajstić information content (AvgIpc) is 2.15. The highest BCUT2D eigenvalue weighted by atomic mass is 79.9. The quantitative estimate of drug-likeness (QED) is 0.835. The molecule has 82 valence electrons. The molecule has 1 aromatic carbocycles. The van der Waals surface area contributed by atoms with E-state index >= 15 is 0 Å². The van der Waals surface area contributed by atoms with Gasteiger partial charge in [0.15, 0.2) is 0 Å². The predicted octanol–water partition coefficient (Wildman–Crippen LogP) is 3.15. The normalized spacial score (nSPS) is 10.4. The van der Waals surface area contributed by atoms with Crippen molar-refractivity contribution in [3.8, 4) is 0 Å². The van der Waals surface area contributed by atoms with E-state index in [0.29, 0.717) is 10.9 Å². The van der Waals surface area contributed by atoms with Crippen molar-refractivity contribution in [2.24, 2.45) is 11.7 Å². The van der Waals surface area contributed by atoms with Gasteiger partial charge in [-0.05, 0) is 40.0 Å². The Kier molecular flexibility index (Phi) is 4.54. The fourth-order valence-electron chi connectivity index (χ4n) is 1.13. The lowest BCUT2D eigenvalue weighted by Crippen LogP contribution is -2.11. The van der Waals surface area contributed by atoms with Gasteiger partial charge in [-0.1, -0.05) is 26.1 Å². The van der Waals surface area contributed by atoms with Gasteiger partial charge in [-0.25, -0.2) is 0 Å². The van der Waals surface area contributed by atoms with Gasteiger partial charge < -0.3 is 11.1 Å². The van der Waals surface area contributed by atoms with Crippen LogP contribution in [0.1, 0.15) is 19.4 Å². The first kappa shape index (κ1) is 12.5. The number of benzene rings is 1. The minimum atomic E-state index is 0.422. The Hall–Kier alpha value is -0.610. The van der Waals surface area contributed by atoms with Gasteiger partial charge in [-0.15, -0.1) is 0 Å². The van der Waals surface area contributed by atoms with Gasteiger partial charge in [0.05, 0.1) is 0 Å². The summed E-state index contributed by atoms with van der Waals surface area (Å²) < 4.78 is 0.994. The molecule has 0 aliphatic heterocycles. The summed E-state index contributed by atoms with van der Waals surface area (Å²) in [5.41, 5.74) is 7.50. The molecule has 0 radical (unpaired) electrons. The summed E-state index contributed by atoms with van der Waals surface area (Å²) >= 11 is 8.40. The van der Waals surface area contributed by atoms with Gasteiger partial charge in [0.1, 0.15) is 4.99 Å². The molecule has 1 rings (SSSR count). The summed E-state index contributed by atoms with van der Waals surface area (Å²) in [5.74, 6) is 0.618. The number of hydrogen-bond acceptors (Lipinski definition) is 2. The Balaban J connectivity index is 2.79. The lowest BCUT2D eigenvalue weighted by atomic mass is 10.2. The van der Waals surface area contributed by atoms with E-state index in [1.807, 2.05) is 18.2 Å². The van der Waals surface area contributed by atoms with Crippen LogP contribution in [0.25, 0.3) is 0 Å². The number of nitrogens with one attached hydrogen (secondary N) is 1. The van der Waals surface area contributed by atoms with E-state index < -0.39 is 0 Å². The van der Waals surface area contributed by atoms with Crippen molar-refractivity contribution in [1.82, 2.24) is 0 Å². The maximum atomic E-state index is 5.55. The Morgan fingerprint density at radius 3 is 2.67 bits per heavy atom. The lowest BCUT2D eigenvalue weighted by molar-refractivity contribution is 0.688. The predicted molar refractivity (Wildman–Crippen MR) is 73.4 cm³/mol. The third-order valence-electron chi connectivity index (χ3n) is 1.95. The molecule has 0 aromatic heterocycles. The zero-order valence-electron chi connectivity index (χ0n) is 8.88. The van der Waals surface area contributed by atoms with Gasteiger partial charge in [-0.2, -0.15) is 0 Å². The number of nitrogens with two attached hydrogens (primary N) is 1. The van der Waals surface area contributed by atoms with Crippen molar-refractivity contribution >= 4 is 38.8 Å². The molecule has 0 atom stereocenters. The fourth-order valence-corrected chi connectivity index (χ4v) is 1.77. The molecule has 0 heterocycles. The van der Waals surface area contributed by atoms with Crippen LogP contribution in [0.15, 0.2) is 22.7 Å². The summed E-state index contributed by atoms with van der Waals surface area (Å²) in [6, 6.07) is 5.85. The zero-order chi connectivity index (χ0) is 11.4. The first-order chi connectivity index (χ1) is 7.00. The Morgan fingerprint density at radius 2 is 2.20 bits per heavy atom. The molecule has 0 aliphatic rings. The third-order valence-corrected chi connectivity index (χ3v) is 2.85. The SMILES string of the molecule is CC(C)CNc1ccc(C(N)=S)cc1Br. The fraction of sp³-hybridized carbons (Fsp3) is 0.364. The van der Waals surface area contributed by atoms with Crippen molar-refractivity contribution in [2.75, 3.05) is 11.9 Å². The minimum Gasteiger partial charge on any atom is -0.389 e. The Bertz CT molecular complexity index is 364. The molecule has 15 heavy (non-hydrogen) atoms. The highest BCUT2D eigenvalue weighted by Crippen LogP contribution is 2.23. The van der Waals surface area contributed by atoms with Crippen LogP contribution in [0.5, 0.6) is 0 Å². The molecule has 2 nitrogen and oxygen atoms in total. The van der Waals surface area contributed by atoms with Gasteiger partial charge in [0.2, 0.25) is 0 Å². The van der Waals surface area contributed by atoms with Crippen molar-refractivity contribution in [2.45, 2.75) is 13.8 Å². The molecule has 0 aliphatic carbocycles. The van der Waals surface area contributed by atoms with Crippen LogP contribution < -0.4 is 11.1 Å². The van der Waals surface area contributed by atoms with Crippen molar-refractivity contribution < 1.29 is 0 Å². The molecule has 0 fully saturated rings. The topological polar surface area (TPSA) is 38.0 Å². The maximum absolute atomic E-state index is 5.55. The molecule has 3 N–H and O–H groups in total. The number of thiocarbonyl (C=S) groups is 1. The highest BCUT2D eigenvalue weighted by Gasteiger charge is 2.03. The van der Waals surface area contributed by atoms with E-state index in [0.717, 1.165) is 22.3 Å². The van der Waals surface area contributed by atoms with Crippen LogP contribution in [-0.4, -0.2) is 11.5 Å². The molecule has 0 unspecified atom stereocenters. The van der Waals surface area contributed by atoms with Crippen LogP contribution in [0.2, 0.25) is 0 Å². The molecule has 0 saturated heterocycles. The second-order valence-corrected chi connectivity index (χ2v) is 5.13. The standard InChI is InChI=1S/C11H15BrN2S/c1-7(2)6-14-10-4-3-8(11(13)15)5-9(10)12/h3-5,7,14H,6H2,1-2H3,(H2,13,15). The van der Waals surface area contributed by atoms with Gasteiger partial charge in [-0.3, -0.25) is 0 Å². The van der Waals surface area contributed by atoms with Crippen LogP contribution in [0, 0.1) is 5.92 Å². The van der Waals surface area contributed by atoms with Crippen LogP contribution >= 0.6 is 28.1 Å². The van der Waals surface area contributed by atoms with E-state index in [2.05, 4.69) is 35.1 Å². The van der Waals surface area contributed by atoms with E-state index in [1.54, 1.807) is 0 Å². The largest absolute Gasteiger partial charge is 0.389 e. The molecule has 0 bridgehead atoms. The Morgan fingerprint density at radius 1 is 1.53 bits per heavy atom. The average molecular weight is 287 g/mol. The van der Waals surface area contributed by atoms with Gasteiger partial charge >= 0.3 is 0 Å². The summed E-state index contributed by atoms with van der Waals surface area (Å²) in [7, 11) is 0. The summed E-state index contributed by atoms with van der Waals surface area (Å²) in [6.45, 7) is 5.29. The van der Waals surface area contributed by atoms with Gasteiger partial charge in [0, 0.05) is 22.3 Å². The van der Waals surface area contributed by atoms with Crippen molar-refractivity contribution in [1.29, 1.82) is 0 Å². The first-order valence-corrected chi connectivity index (χ1v) is 6.04. The molecule has 0 saturated carbocycles. The number of anilines is 1. The van der Waals surface area contributed by atoms with E-state index in [-0.39, 0.29) is 0 Å². The third kappa shape index (κ3) is 3.80. The second kappa shape index (κ2) is 5.47. The van der Waals surface area contributed by atoms with E-state index in [1.165, 1.54) is 0 Å². The van der Waals surface area contributed by atoms with Crippen molar-refractivity contribution in [3.05, 3.63) is 28.2 Å². The number of rotatable bonds is 4. The first-order valence-electron chi connectivity index (χ1n) is 4.84. The second-order valence-electron chi connectivity index (χ2n) is 3.83. The van der Waals surface area contributed by atoms with E-state index in [9.17, 15) is 0 Å². The number of halogens is 1. The lowest BCUT2D eigenvalue weighted by Gasteiger charge is -2.11. The summed E-state index contributed by atoms with van der Waals surface area (Å²) in [5, 5.41) is 3.35. The van der Waals surface area contributed by atoms with Crippen LogP contribution in [0.4, 0.5) is 5.69 Å². The smallest absolute Gasteiger partial charge is 0.104 e. The van der Waals surface area contributed by atoms with Crippen molar-refractivity contribution in [3.63, 3.8) is 0 Å². The van der Waals surface area contributed by atoms with Crippen LogP contribution in [0.3, 0.4) is 0 Å². The molecule has 1 aromatic rings. The maximum Gasteiger partial charge on any atom is 0.104 e. The number of hydrogen-bond donors (Lipinski definition) is 2. The summed E-state index contributed by atoms with van der Waals surface area (Å²) in [4.78, 5) is 0.422. The highest BCUT2D eigenvalue weighted by molar-refractivity contribution is 9.10. The monoisotopic (exact) mass is 286 g/mol. The zero-order valence-corrected chi connectivity index (χ0v) is 11.3. The van der Waals surface area contributed by atoms with Crippen LogP contribution in [-0.2, 0) is 0 Å². The molecular formula is C11H15BrN2S. The molecular weight excluding hydrogens is 272 g/mol. The van der Waals surface area contributed by atoms with E-state index in [4.69, 9.17) is 18.0 Å². The Labute approximate surface area is 104 Å².